The van der Waals surface area contributed by atoms with Gasteiger partial charge < -0.3 is 19.6 Å². The fraction of sp³-hybridized carbons (Fsp3) is 0.375. The van der Waals surface area contributed by atoms with Crippen LogP contribution < -0.4 is 5.32 Å². The van der Waals surface area contributed by atoms with Crippen LogP contribution in [0.5, 0.6) is 0 Å². The number of furan rings is 1. The smallest absolute Gasteiger partial charge is 0.328 e. The quantitative estimate of drug-likeness (QED) is 0.849. The molecule has 118 valence electrons. The van der Waals surface area contributed by atoms with Gasteiger partial charge in [0.25, 0.3) is 0 Å². The van der Waals surface area contributed by atoms with Crippen molar-refractivity contribution in [3.8, 4) is 0 Å². The van der Waals surface area contributed by atoms with Crippen LogP contribution in [0.2, 0.25) is 0 Å². The second kappa shape index (κ2) is 6.62. The van der Waals surface area contributed by atoms with Gasteiger partial charge in [-0.1, -0.05) is 12.1 Å². The number of carbonyl (C=O) groups is 2. The highest BCUT2D eigenvalue weighted by Gasteiger charge is 2.21. The molecule has 6 nitrogen and oxygen atoms in total. The minimum atomic E-state index is -1.13. The molecule has 1 aromatic heterocycles. The van der Waals surface area contributed by atoms with Crippen LogP contribution >= 0.6 is 0 Å². The molecule has 0 fully saturated rings. The third kappa shape index (κ3) is 3.28. The summed E-state index contributed by atoms with van der Waals surface area (Å²) < 4.78 is 10.3. The zero-order valence-corrected chi connectivity index (χ0v) is 12.8. The van der Waals surface area contributed by atoms with Crippen molar-refractivity contribution in [3.05, 3.63) is 35.1 Å². The standard InChI is InChI=1S/C16H19NO5/c1-9-4-5-12-11(7-22-15(12)10(9)2)6-14(18)17-13(8-21-3)16(19)20/h4-5,7,13H,6,8H2,1-3H3,(H,17,18)(H,19,20). The molecule has 1 amide bonds. The molecule has 0 saturated heterocycles. The van der Waals surface area contributed by atoms with E-state index in [2.05, 4.69) is 5.32 Å². The van der Waals surface area contributed by atoms with E-state index in [0.29, 0.717) is 0 Å². The third-order valence-electron chi connectivity index (χ3n) is 3.66. The van der Waals surface area contributed by atoms with Crippen molar-refractivity contribution in [3.63, 3.8) is 0 Å². The van der Waals surface area contributed by atoms with Crippen LogP contribution in [0.4, 0.5) is 0 Å². The number of aryl methyl sites for hydroxylation is 2. The topological polar surface area (TPSA) is 88.8 Å². The first-order chi connectivity index (χ1) is 10.4. The van der Waals surface area contributed by atoms with E-state index in [1.807, 2.05) is 26.0 Å². The first kappa shape index (κ1) is 16.0. The van der Waals surface area contributed by atoms with E-state index in [-0.39, 0.29) is 18.9 Å². The second-order valence-electron chi connectivity index (χ2n) is 5.24. The van der Waals surface area contributed by atoms with Gasteiger partial charge in [-0.2, -0.15) is 0 Å². The summed E-state index contributed by atoms with van der Waals surface area (Å²) in [6.07, 6.45) is 1.60. The largest absolute Gasteiger partial charge is 0.480 e. The SMILES string of the molecule is COCC(NC(=O)Cc1coc2c(C)c(C)ccc12)C(=O)O. The number of carboxylic acid groups (broad SMARTS) is 1. The second-order valence-corrected chi connectivity index (χ2v) is 5.24. The molecule has 6 heteroatoms. The molecule has 2 rings (SSSR count). The fourth-order valence-corrected chi connectivity index (χ4v) is 2.28. The van der Waals surface area contributed by atoms with E-state index in [1.165, 1.54) is 7.11 Å². The molecule has 0 aliphatic heterocycles. The summed E-state index contributed by atoms with van der Waals surface area (Å²) in [6.45, 7) is 3.88. The van der Waals surface area contributed by atoms with Crippen molar-refractivity contribution < 1.29 is 23.8 Å². The molecule has 1 atom stereocenters. The Hall–Kier alpha value is -2.34. The van der Waals surface area contributed by atoms with E-state index in [9.17, 15) is 9.59 Å². The van der Waals surface area contributed by atoms with Crippen LogP contribution in [0.3, 0.4) is 0 Å². The highest BCUT2D eigenvalue weighted by molar-refractivity contribution is 5.91. The number of carbonyl (C=O) groups excluding carboxylic acids is 1. The first-order valence-electron chi connectivity index (χ1n) is 6.91. The van der Waals surface area contributed by atoms with Gasteiger partial charge in [0.1, 0.15) is 5.58 Å². The molecular formula is C16H19NO5. The van der Waals surface area contributed by atoms with Gasteiger partial charge in [0.2, 0.25) is 5.91 Å². The third-order valence-corrected chi connectivity index (χ3v) is 3.66. The van der Waals surface area contributed by atoms with Crippen LogP contribution in [-0.2, 0) is 20.7 Å². The number of fused-ring (bicyclic) bond motifs is 1. The average Bonchev–Trinajstić information content (AvgIpc) is 2.86. The summed E-state index contributed by atoms with van der Waals surface area (Å²) in [6, 6.07) is 2.83. The highest BCUT2D eigenvalue weighted by atomic mass is 16.5. The Kier molecular flexibility index (Phi) is 4.82. The molecule has 1 aromatic carbocycles. The number of hydrogen-bond donors (Lipinski definition) is 2. The Morgan fingerprint density at radius 3 is 2.73 bits per heavy atom. The fourth-order valence-electron chi connectivity index (χ4n) is 2.28. The lowest BCUT2D eigenvalue weighted by Gasteiger charge is -2.13. The van der Waals surface area contributed by atoms with E-state index >= 15 is 0 Å². The van der Waals surface area contributed by atoms with Crippen LogP contribution in [-0.4, -0.2) is 36.7 Å². The molecular weight excluding hydrogens is 286 g/mol. The number of ether oxygens (including phenoxy) is 1. The van der Waals surface area contributed by atoms with Gasteiger partial charge in [-0.25, -0.2) is 4.79 Å². The highest BCUT2D eigenvalue weighted by Crippen LogP contribution is 2.26. The average molecular weight is 305 g/mol. The monoisotopic (exact) mass is 305 g/mol. The van der Waals surface area contributed by atoms with Crippen LogP contribution in [0, 0.1) is 13.8 Å². The van der Waals surface area contributed by atoms with Gasteiger partial charge in [-0.05, 0) is 25.0 Å². The maximum atomic E-state index is 12.0. The van der Waals surface area contributed by atoms with Crippen molar-refractivity contribution >= 4 is 22.8 Å². The molecule has 2 aromatic rings. The van der Waals surface area contributed by atoms with Crippen LogP contribution in [0.15, 0.2) is 22.8 Å². The summed E-state index contributed by atoms with van der Waals surface area (Å²) in [5.41, 5.74) is 3.64. The normalized spacial score (nSPS) is 12.3. The molecule has 1 heterocycles. The summed E-state index contributed by atoms with van der Waals surface area (Å²) in [4.78, 5) is 23.0. The van der Waals surface area contributed by atoms with Gasteiger partial charge >= 0.3 is 5.97 Å². The van der Waals surface area contributed by atoms with Crippen molar-refractivity contribution in [2.24, 2.45) is 0 Å². The predicted molar refractivity (Wildman–Crippen MR) is 80.8 cm³/mol. The maximum absolute atomic E-state index is 12.0. The number of benzene rings is 1. The summed E-state index contributed by atoms with van der Waals surface area (Å²) in [7, 11) is 1.39. The molecule has 0 aliphatic rings. The Balaban J connectivity index is 2.15. The lowest BCUT2D eigenvalue weighted by atomic mass is 10.0. The van der Waals surface area contributed by atoms with E-state index in [1.54, 1.807) is 6.26 Å². The number of amides is 1. The number of methoxy groups -OCH3 is 1. The maximum Gasteiger partial charge on any atom is 0.328 e. The Morgan fingerprint density at radius 2 is 2.09 bits per heavy atom. The van der Waals surface area contributed by atoms with Gasteiger partial charge in [0.15, 0.2) is 6.04 Å². The number of nitrogens with one attached hydrogen (secondary N) is 1. The molecule has 0 bridgehead atoms. The van der Waals surface area contributed by atoms with Crippen molar-refractivity contribution in [1.82, 2.24) is 5.32 Å². The molecule has 22 heavy (non-hydrogen) atoms. The Morgan fingerprint density at radius 1 is 1.36 bits per heavy atom. The van der Waals surface area contributed by atoms with Crippen molar-refractivity contribution in [2.75, 3.05) is 13.7 Å². The van der Waals surface area contributed by atoms with E-state index < -0.39 is 12.0 Å². The van der Waals surface area contributed by atoms with Crippen LogP contribution in [0.1, 0.15) is 16.7 Å². The predicted octanol–water partition coefficient (Wildman–Crippen LogP) is 1.81. The summed E-state index contributed by atoms with van der Waals surface area (Å²) in [5.74, 6) is -1.51. The molecule has 0 aliphatic carbocycles. The number of hydrogen-bond acceptors (Lipinski definition) is 4. The van der Waals surface area contributed by atoms with Crippen LogP contribution in [0.25, 0.3) is 11.0 Å². The molecule has 0 saturated carbocycles. The lowest BCUT2D eigenvalue weighted by Crippen LogP contribution is -2.44. The number of aliphatic carboxylic acids is 1. The molecule has 0 radical (unpaired) electrons. The van der Waals surface area contributed by atoms with Gasteiger partial charge in [0, 0.05) is 18.1 Å². The van der Waals surface area contributed by atoms with Gasteiger partial charge in [0.05, 0.1) is 19.3 Å². The number of carboxylic acids is 1. The van der Waals surface area contributed by atoms with Crippen molar-refractivity contribution in [1.29, 1.82) is 0 Å². The first-order valence-corrected chi connectivity index (χ1v) is 6.91. The Bertz CT molecular complexity index is 704. The van der Waals surface area contributed by atoms with E-state index in [0.717, 1.165) is 27.7 Å². The zero-order chi connectivity index (χ0) is 16.3. The zero-order valence-electron chi connectivity index (χ0n) is 12.8. The van der Waals surface area contributed by atoms with Gasteiger partial charge in [-0.3, -0.25) is 4.79 Å². The molecule has 2 N–H and O–H groups in total. The van der Waals surface area contributed by atoms with E-state index in [4.69, 9.17) is 14.3 Å². The molecule has 0 spiro atoms. The minimum absolute atomic E-state index is 0.0585. The minimum Gasteiger partial charge on any atom is -0.480 e. The van der Waals surface area contributed by atoms with Crippen molar-refractivity contribution in [2.45, 2.75) is 26.3 Å². The Labute approximate surface area is 128 Å². The summed E-state index contributed by atoms with van der Waals surface area (Å²) in [5, 5.41) is 12.3. The molecule has 1 unspecified atom stereocenters. The number of rotatable bonds is 6. The van der Waals surface area contributed by atoms with Gasteiger partial charge in [-0.15, -0.1) is 0 Å². The summed E-state index contributed by atoms with van der Waals surface area (Å²) >= 11 is 0. The lowest BCUT2D eigenvalue weighted by molar-refractivity contribution is -0.143.